The van der Waals surface area contributed by atoms with Crippen molar-refractivity contribution in [1.29, 1.82) is 0 Å². The van der Waals surface area contributed by atoms with Gasteiger partial charge in [-0.25, -0.2) is 9.07 Å². The van der Waals surface area contributed by atoms with E-state index in [1.165, 1.54) is 18.2 Å². The maximum absolute atomic E-state index is 13.2. The maximum Gasteiger partial charge on any atom is 0.125 e. The van der Waals surface area contributed by atoms with Gasteiger partial charge in [-0.15, -0.1) is 5.10 Å². The lowest BCUT2D eigenvalue weighted by Gasteiger charge is -2.08. The molecule has 0 bridgehead atoms. The molecule has 0 fully saturated rings. The quantitative estimate of drug-likeness (QED) is 0.848. The lowest BCUT2D eigenvalue weighted by molar-refractivity contribution is 0.618. The summed E-state index contributed by atoms with van der Waals surface area (Å²) in [7, 11) is 0. The van der Waals surface area contributed by atoms with Crippen LogP contribution in [0.15, 0.2) is 24.4 Å². The summed E-state index contributed by atoms with van der Waals surface area (Å²) < 4.78 is 14.8. The van der Waals surface area contributed by atoms with Crippen LogP contribution in [0.3, 0.4) is 0 Å². The van der Waals surface area contributed by atoms with Gasteiger partial charge in [0.25, 0.3) is 0 Å². The summed E-state index contributed by atoms with van der Waals surface area (Å²) in [6, 6.07) is 4.18. The molecule has 0 aliphatic rings. The molecule has 2 rings (SSSR count). The van der Waals surface area contributed by atoms with Gasteiger partial charge in [-0.3, -0.25) is 0 Å². The van der Waals surface area contributed by atoms with Crippen LogP contribution >= 0.6 is 11.6 Å². The van der Waals surface area contributed by atoms with Crippen molar-refractivity contribution in [2.45, 2.75) is 19.9 Å². The van der Waals surface area contributed by atoms with Crippen LogP contribution in [0.25, 0.3) is 5.69 Å². The molecule has 1 aromatic heterocycles. The van der Waals surface area contributed by atoms with Gasteiger partial charge in [0, 0.05) is 12.6 Å². The molecule has 18 heavy (non-hydrogen) atoms. The van der Waals surface area contributed by atoms with Crippen molar-refractivity contribution >= 4 is 11.6 Å². The summed E-state index contributed by atoms with van der Waals surface area (Å²) in [4.78, 5) is 0. The highest BCUT2D eigenvalue weighted by molar-refractivity contribution is 6.32. The van der Waals surface area contributed by atoms with E-state index in [-0.39, 0.29) is 5.82 Å². The van der Waals surface area contributed by atoms with Crippen molar-refractivity contribution in [1.82, 2.24) is 20.3 Å². The Morgan fingerprint density at radius 3 is 3.06 bits per heavy atom. The molecule has 0 atom stereocenters. The van der Waals surface area contributed by atoms with Gasteiger partial charge in [-0.05, 0) is 25.1 Å². The van der Waals surface area contributed by atoms with Gasteiger partial charge >= 0.3 is 0 Å². The zero-order valence-corrected chi connectivity index (χ0v) is 10.8. The Hall–Kier alpha value is -1.46. The molecule has 6 heteroatoms. The van der Waals surface area contributed by atoms with Crippen LogP contribution in [0.4, 0.5) is 4.39 Å². The van der Waals surface area contributed by atoms with Gasteiger partial charge in [0.2, 0.25) is 0 Å². The molecule has 1 aromatic carbocycles. The van der Waals surface area contributed by atoms with E-state index in [0.29, 0.717) is 17.3 Å². The first-order chi connectivity index (χ1) is 8.72. The Bertz CT molecular complexity index is 527. The van der Waals surface area contributed by atoms with Gasteiger partial charge in [-0.1, -0.05) is 23.7 Å². The lowest BCUT2D eigenvalue weighted by atomic mass is 10.3. The van der Waals surface area contributed by atoms with Crippen molar-refractivity contribution in [3.05, 3.63) is 40.9 Å². The fourth-order valence-electron chi connectivity index (χ4n) is 1.62. The van der Waals surface area contributed by atoms with E-state index >= 15 is 0 Å². The average Bonchev–Trinajstić information content (AvgIpc) is 2.81. The average molecular weight is 269 g/mol. The van der Waals surface area contributed by atoms with Gasteiger partial charge in [-0.2, -0.15) is 0 Å². The fraction of sp³-hybridized carbons (Fsp3) is 0.333. The first-order valence-corrected chi connectivity index (χ1v) is 6.16. The SMILES string of the molecule is CCCNCc1cnnn1-c1cc(F)ccc1Cl. The minimum absolute atomic E-state index is 0.350. The van der Waals surface area contributed by atoms with E-state index < -0.39 is 0 Å². The topological polar surface area (TPSA) is 42.7 Å². The molecule has 96 valence electrons. The number of halogens is 2. The number of rotatable bonds is 5. The Balaban J connectivity index is 2.27. The number of nitrogens with zero attached hydrogens (tertiary/aromatic N) is 3. The normalized spacial score (nSPS) is 10.8. The van der Waals surface area contributed by atoms with Crippen LogP contribution in [-0.2, 0) is 6.54 Å². The second-order valence-electron chi connectivity index (χ2n) is 3.91. The molecule has 1 heterocycles. The van der Waals surface area contributed by atoms with E-state index in [2.05, 4.69) is 22.6 Å². The van der Waals surface area contributed by atoms with Crippen LogP contribution in [-0.4, -0.2) is 21.5 Å². The van der Waals surface area contributed by atoms with Crippen LogP contribution in [0.2, 0.25) is 5.02 Å². The Kier molecular flexibility index (Phi) is 4.28. The van der Waals surface area contributed by atoms with Crippen LogP contribution < -0.4 is 5.32 Å². The first kappa shape index (κ1) is 13.0. The Labute approximate surface area is 110 Å². The summed E-state index contributed by atoms with van der Waals surface area (Å²) in [6.45, 7) is 3.61. The highest BCUT2D eigenvalue weighted by atomic mass is 35.5. The molecule has 0 aliphatic heterocycles. The van der Waals surface area contributed by atoms with Crippen LogP contribution in [0.1, 0.15) is 19.0 Å². The molecule has 0 saturated heterocycles. The number of aromatic nitrogens is 3. The third kappa shape index (κ3) is 2.86. The zero-order chi connectivity index (χ0) is 13.0. The third-order valence-electron chi connectivity index (χ3n) is 2.49. The maximum atomic E-state index is 13.2. The Morgan fingerprint density at radius 2 is 2.28 bits per heavy atom. The number of hydrogen-bond donors (Lipinski definition) is 1. The van der Waals surface area contributed by atoms with Crippen molar-refractivity contribution in [2.75, 3.05) is 6.54 Å². The molecular formula is C12H14ClFN4. The molecular weight excluding hydrogens is 255 g/mol. The first-order valence-electron chi connectivity index (χ1n) is 5.78. The van der Waals surface area contributed by atoms with Crippen molar-refractivity contribution in [2.24, 2.45) is 0 Å². The van der Waals surface area contributed by atoms with E-state index in [9.17, 15) is 4.39 Å². The molecule has 0 aliphatic carbocycles. The van der Waals surface area contributed by atoms with Gasteiger partial charge in [0.05, 0.1) is 22.6 Å². The molecule has 0 unspecified atom stereocenters. The summed E-state index contributed by atoms with van der Waals surface area (Å²) in [5.74, 6) is -0.350. The molecule has 0 saturated carbocycles. The molecule has 1 N–H and O–H groups in total. The molecule has 0 spiro atoms. The van der Waals surface area contributed by atoms with Gasteiger partial charge in [0.1, 0.15) is 5.82 Å². The lowest BCUT2D eigenvalue weighted by Crippen LogP contribution is -2.17. The largest absolute Gasteiger partial charge is 0.311 e. The zero-order valence-electron chi connectivity index (χ0n) is 10.0. The minimum Gasteiger partial charge on any atom is -0.311 e. The van der Waals surface area contributed by atoms with Crippen LogP contribution in [0.5, 0.6) is 0 Å². The second-order valence-corrected chi connectivity index (χ2v) is 4.32. The van der Waals surface area contributed by atoms with Gasteiger partial charge in [0.15, 0.2) is 0 Å². The van der Waals surface area contributed by atoms with Crippen molar-refractivity contribution in [3.63, 3.8) is 0 Å². The molecule has 4 nitrogen and oxygen atoms in total. The van der Waals surface area contributed by atoms with Crippen molar-refractivity contribution < 1.29 is 4.39 Å². The van der Waals surface area contributed by atoms with E-state index in [4.69, 9.17) is 11.6 Å². The predicted molar refractivity (Wildman–Crippen MR) is 68.3 cm³/mol. The molecule has 0 amide bonds. The van der Waals surface area contributed by atoms with Gasteiger partial charge < -0.3 is 5.32 Å². The highest BCUT2D eigenvalue weighted by Crippen LogP contribution is 2.21. The minimum atomic E-state index is -0.350. The van der Waals surface area contributed by atoms with Crippen molar-refractivity contribution in [3.8, 4) is 5.69 Å². The number of benzene rings is 1. The number of nitrogens with one attached hydrogen (secondary N) is 1. The smallest absolute Gasteiger partial charge is 0.125 e. The summed E-state index contributed by atoms with van der Waals surface area (Å²) in [6.07, 6.45) is 2.69. The Morgan fingerprint density at radius 1 is 1.44 bits per heavy atom. The predicted octanol–water partition coefficient (Wildman–Crippen LogP) is 2.56. The van der Waals surface area contributed by atoms with Crippen LogP contribution in [0, 0.1) is 5.82 Å². The third-order valence-corrected chi connectivity index (χ3v) is 2.81. The van der Waals surface area contributed by atoms with E-state index in [1.54, 1.807) is 10.9 Å². The monoisotopic (exact) mass is 268 g/mol. The molecule has 2 aromatic rings. The highest BCUT2D eigenvalue weighted by Gasteiger charge is 2.10. The standard InChI is InChI=1S/C12H14ClFN4/c1-2-5-15-7-10-8-16-17-18(10)12-6-9(14)3-4-11(12)13/h3-4,6,8,15H,2,5,7H2,1H3. The molecule has 0 radical (unpaired) electrons. The summed E-state index contributed by atoms with van der Waals surface area (Å²) >= 11 is 6.05. The van der Waals surface area contributed by atoms with E-state index in [0.717, 1.165) is 18.7 Å². The summed E-state index contributed by atoms with van der Waals surface area (Å²) in [5, 5.41) is 11.5. The summed E-state index contributed by atoms with van der Waals surface area (Å²) in [5.41, 5.74) is 1.35. The second kappa shape index (κ2) is 5.93. The number of hydrogen-bond acceptors (Lipinski definition) is 3. The fourth-order valence-corrected chi connectivity index (χ4v) is 1.82. The van der Waals surface area contributed by atoms with E-state index in [1.807, 2.05) is 0 Å².